The number of sulfonamides is 1. The molecule has 2 heterocycles. The molecule has 24 heavy (non-hydrogen) atoms. The van der Waals surface area contributed by atoms with E-state index in [-0.39, 0.29) is 17.7 Å². The molecule has 0 saturated carbocycles. The van der Waals surface area contributed by atoms with Crippen molar-refractivity contribution in [2.45, 2.75) is 43.3 Å². The summed E-state index contributed by atoms with van der Waals surface area (Å²) in [6, 6.07) is 2.77. The average Bonchev–Trinajstić information content (AvgIpc) is 2.59. The van der Waals surface area contributed by atoms with E-state index in [0.29, 0.717) is 30.4 Å². The lowest BCUT2D eigenvalue weighted by Crippen LogP contribution is -2.36. The van der Waals surface area contributed by atoms with Crippen LogP contribution in [0.4, 0.5) is 4.79 Å². The number of amides is 1. The molecule has 1 saturated heterocycles. The van der Waals surface area contributed by atoms with E-state index in [1.165, 1.54) is 18.3 Å². The number of ether oxygens (including phenoxy) is 2. The van der Waals surface area contributed by atoms with Crippen molar-refractivity contribution in [3.05, 3.63) is 24.5 Å². The molecule has 1 aromatic heterocycles. The Morgan fingerprint density at radius 3 is 2.88 bits per heavy atom. The first-order chi connectivity index (χ1) is 11.5. The third-order valence-corrected chi connectivity index (χ3v) is 5.39. The summed E-state index contributed by atoms with van der Waals surface area (Å²) in [6.45, 7) is 0.979. The minimum atomic E-state index is -4.10. The standard InChI is InChI=1S/C15H22N2O6S/c18-15(19)17(24(20,21)13-6-5-8-16-12-13)9-2-4-11-23-14-7-1-3-10-22-14/h5-6,8,12,14H,1-4,7,9-11H2,(H,18,19). The lowest BCUT2D eigenvalue weighted by Gasteiger charge is -2.23. The van der Waals surface area contributed by atoms with E-state index in [4.69, 9.17) is 9.47 Å². The van der Waals surface area contributed by atoms with Crippen molar-refractivity contribution in [1.29, 1.82) is 0 Å². The van der Waals surface area contributed by atoms with Crippen LogP contribution < -0.4 is 0 Å². The van der Waals surface area contributed by atoms with Gasteiger partial charge >= 0.3 is 6.09 Å². The first-order valence-corrected chi connectivity index (χ1v) is 9.35. The Morgan fingerprint density at radius 2 is 2.25 bits per heavy atom. The molecule has 0 radical (unpaired) electrons. The van der Waals surface area contributed by atoms with E-state index in [1.54, 1.807) is 0 Å². The van der Waals surface area contributed by atoms with Gasteiger partial charge in [0.25, 0.3) is 10.0 Å². The van der Waals surface area contributed by atoms with Gasteiger partial charge < -0.3 is 14.6 Å². The lowest BCUT2D eigenvalue weighted by atomic mass is 10.2. The van der Waals surface area contributed by atoms with E-state index in [9.17, 15) is 18.3 Å². The first kappa shape index (κ1) is 18.6. The van der Waals surface area contributed by atoms with Gasteiger partial charge in [-0.2, -0.15) is 0 Å². The second-order valence-electron chi connectivity index (χ2n) is 5.42. The molecule has 0 spiro atoms. The molecular weight excluding hydrogens is 336 g/mol. The summed E-state index contributed by atoms with van der Waals surface area (Å²) in [4.78, 5) is 14.9. The quantitative estimate of drug-likeness (QED) is 0.709. The predicted octanol–water partition coefficient (Wildman–Crippen LogP) is 2.07. The Balaban J connectivity index is 1.82. The molecule has 0 aromatic carbocycles. The summed E-state index contributed by atoms with van der Waals surface area (Å²) in [5.74, 6) is 0. The van der Waals surface area contributed by atoms with Crippen molar-refractivity contribution in [3.8, 4) is 0 Å². The Bertz CT molecular complexity index is 616. The van der Waals surface area contributed by atoms with Crippen molar-refractivity contribution < 1.29 is 27.8 Å². The molecule has 1 aliphatic heterocycles. The third kappa shape index (κ3) is 5.15. The van der Waals surface area contributed by atoms with Crippen LogP contribution in [-0.4, -0.2) is 55.0 Å². The minimum Gasteiger partial charge on any atom is -0.464 e. The number of carbonyl (C=O) groups is 1. The highest BCUT2D eigenvalue weighted by Crippen LogP contribution is 2.16. The van der Waals surface area contributed by atoms with E-state index in [2.05, 4.69) is 4.98 Å². The number of pyridine rings is 1. The van der Waals surface area contributed by atoms with Gasteiger partial charge in [-0.05, 0) is 44.2 Å². The minimum absolute atomic E-state index is 0.124. The molecule has 8 nitrogen and oxygen atoms in total. The van der Waals surface area contributed by atoms with Crippen LogP contribution in [0, 0.1) is 0 Å². The fraction of sp³-hybridized carbons (Fsp3) is 0.600. The summed E-state index contributed by atoms with van der Waals surface area (Å²) in [5, 5.41) is 9.21. The Morgan fingerprint density at radius 1 is 1.42 bits per heavy atom. The van der Waals surface area contributed by atoms with Gasteiger partial charge in [-0.3, -0.25) is 4.98 Å². The SMILES string of the molecule is O=C(O)N(CCCCOC1CCCCO1)S(=O)(=O)c1cccnc1. The lowest BCUT2D eigenvalue weighted by molar-refractivity contribution is -0.162. The molecule has 1 atom stereocenters. The number of rotatable bonds is 8. The van der Waals surface area contributed by atoms with Crippen molar-refractivity contribution in [2.24, 2.45) is 0 Å². The Kier molecular flexibility index (Phi) is 6.95. The highest BCUT2D eigenvalue weighted by molar-refractivity contribution is 7.89. The van der Waals surface area contributed by atoms with E-state index in [0.717, 1.165) is 25.5 Å². The highest BCUT2D eigenvalue weighted by atomic mass is 32.2. The number of unbranched alkanes of at least 4 members (excludes halogenated alkanes) is 1. The summed E-state index contributed by atoms with van der Waals surface area (Å²) < 4.78 is 36.1. The molecule has 1 amide bonds. The number of hydrogen-bond acceptors (Lipinski definition) is 6. The van der Waals surface area contributed by atoms with Gasteiger partial charge in [0.2, 0.25) is 0 Å². The summed E-state index contributed by atoms with van der Waals surface area (Å²) in [5.41, 5.74) is 0. The van der Waals surface area contributed by atoms with Gasteiger partial charge in [-0.15, -0.1) is 0 Å². The Labute approximate surface area is 141 Å². The second-order valence-corrected chi connectivity index (χ2v) is 7.28. The van der Waals surface area contributed by atoms with E-state index in [1.807, 2.05) is 0 Å². The largest absolute Gasteiger partial charge is 0.464 e. The van der Waals surface area contributed by atoms with Gasteiger partial charge in [-0.1, -0.05) is 0 Å². The molecule has 1 aliphatic rings. The smallest absolute Gasteiger partial charge is 0.421 e. The van der Waals surface area contributed by atoms with Crippen LogP contribution in [0.1, 0.15) is 32.1 Å². The molecule has 134 valence electrons. The molecule has 0 bridgehead atoms. The predicted molar refractivity (Wildman–Crippen MR) is 84.9 cm³/mol. The van der Waals surface area contributed by atoms with E-state index >= 15 is 0 Å². The summed E-state index contributed by atoms with van der Waals surface area (Å²) in [7, 11) is -4.10. The van der Waals surface area contributed by atoms with Crippen molar-refractivity contribution in [2.75, 3.05) is 19.8 Å². The van der Waals surface area contributed by atoms with E-state index < -0.39 is 16.1 Å². The maximum absolute atomic E-state index is 12.3. The van der Waals surface area contributed by atoms with Gasteiger partial charge in [-0.25, -0.2) is 17.5 Å². The van der Waals surface area contributed by atoms with Crippen molar-refractivity contribution in [3.63, 3.8) is 0 Å². The zero-order valence-electron chi connectivity index (χ0n) is 13.3. The van der Waals surface area contributed by atoms with Crippen LogP contribution in [0.25, 0.3) is 0 Å². The monoisotopic (exact) mass is 358 g/mol. The number of hydrogen-bond donors (Lipinski definition) is 1. The highest BCUT2D eigenvalue weighted by Gasteiger charge is 2.28. The molecule has 1 fully saturated rings. The van der Waals surface area contributed by atoms with Crippen LogP contribution >= 0.6 is 0 Å². The topological polar surface area (TPSA) is 106 Å². The fourth-order valence-corrected chi connectivity index (χ4v) is 3.63. The molecule has 2 rings (SSSR count). The van der Waals surface area contributed by atoms with Crippen molar-refractivity contribution >= 4 is 16.1 Å². The van der Waals surface area contributed by atoms with Gasteiger partial charge in [0.05, 0.1) is 0 Å². The first-order valence-electron chi connectivity index (χ1n) is 7.91. The molecule has 1 aromatic rings. The number of carboxylic acid groups (broad SMARTS) is 1. The average molecular weight is 358 g/mol. The zero-order valence-corrected chi connectivity index (χ0v) is 14.2. The Hall–Kier alpha value is -1.71. The molecule has 1 unspecified atom stereocenters. The van der Waals surface area contributed by atoms with Crippen LogP contribution in [0.5, 0.6) is 0 Å². The van der Waals surface area contributed by atoms with Crippen LogP contribution in [-0.2, 0) is 19.5 Å². The fourth-order valence-electron chi connectivity index (χ4n) is 2.36. The normalized spacial score (nSPS) is 18.2. The number of aromatic nitrogens is 1. The maximum Gasteiger partial charge on any atom is 0.421 e. The molecular formula is C15H22N2O6S. The van der Waals surface area contributed by atoms with Crippen LogP contribution in [0.15, 0.2) is 29.4 Å². The molecule has 9 heteroatoms. The van der Waals surface area contributed by atoms with Crippen LogP contribution in [0.3, 0.4) is 0 Å². The van der Waals surface area contributed by atoms with Crippen molar-refractivity contribution in [1.82, 2.24) is 9.29 Å². The number of nitrogens with zero attached hydrogens (tertiary/aromatic N) is 2. The van der Waals surface area contributed by atoms with Crippen LogP contribution in [0.2, 0.25) is 0 Å². The summed E-state index contributed by atoms with van der Waals surface area (Å²) >= 11 is 0. The van der Waals surface area contributed by atoms with Gasteiger partial charge in [0.1, 0.15) is 4.90 Å². The zero-order chi connectivity index (χ0) is 17.4. The third-order valence-electron chi connectivity index (χ3n) is 3.63. The summed E-state index contributed by atoms with van der Waals surface area (Å²) in [6.07, 6.45) is 4.75. The van der Waals surface area contributed by atoms with Gasteiger partial charge in [0, 0.05) is 32.2 Å². The maximum atomic E-state index is 12.3. The second kappa shape index (κ2) is 8.95. The van der Waals surface area contributed by atoms with Gasteiger partial charge in [0.15, 0.2) is 6.29 Å². The molecule has 1 N–H and O–H groups in total. The molecule has 0 aliphatic carbocycles.